The number of hydrogen-bond acceptors (Lipinski definition) is 4. The molecule has 100 valence electrons. The minimum atomic E-state index is 0.271. The van der Waals surface area contributed by atoms with Crippen molar-refractivity contribution in [2.45, 2.75) is 6.92 Å². The van der Waals surface area contributed by atoms with Crippen LogP contribution in [0.4, 0.5) is 0 Å². The van der Waals surface area contributed by atoms with Crippen LogP contribution in [-0.2, 0) is 7.05 Å². The van der Waals surface area contributed by atoms with Gasteiger partial charge in [0.1, 0.15) is 5.69 Å². The van der Waals surface area contributed by atoms with Gasteiger partial charge in [0.05, 0.1) is 5.69 Å². The minimum absolute atomic E-state index is 0.271. The number of ether oxygens (including phenoxy) is 1. The van der Waals surface area contributed by atoms with Gasteiger partial charge in [0.2, 0.25) is 5.88 Å². The van der Waals surface area contributed by atoms with E-state index in [1.807, 2.05) is 38.5 Å². The Bertz CT molecular complexity index is 806. The first kappa shape index (κ1) is 12.2. The molecule has 0 unspecified atom stereocenters. The van der Waals surface area contributed by atoms with E-state index in [-0.39, 0.29) is 6.61 Å². The molecule has 0 N–H and O–H groups in total. The third-order valence-corrected chi connectivity index (χ3v) is 2.64. The predicted molar refractivity (Wildman–Crippen MR) is 73.3 cm³/mol. The molecule has 0 amide bonds. The van der Waals surface area contributed by atoms with Crippen LogP contribution in [0.15, 0.2) is 30.6 Å². The molecule has 0 aliphatic rings. The third kappa shape index (κ3) is 2.62. The summed E-state index contributed by atoms with van der Waals surface area (Å²) >= 11 is 0. The largest absolute Gasteiger partial charge is 0.464 e. The highest BCUT2D eigenvalue weighted by molar-refractivity contribution is 5.40. The number of rotatable bonds is 2. The lowest BCUT2D eigenvalue weighted by molar-refractivity contribution is 0.355. The van der Waals surface area contributed by atoms with Gasteiger partial charge < -0.3 is 4.74 Å². The van der Waals surface area contributed by atoms with E-state index in [1.54, 1.807) is 15.3 Å². The molecule has 0 fully saturated rings. The van der Waals surface area contributed by atoms with Gasteiger partial charge in [0.15, 0.2) is 12.3 Å². The van der Waals surface area contributed by atoms with Crippen molar-refractivity contribution in [2.75, 3.05) is 6.61 Å². The highest BCUT2D eigenvalue weighted by Gasteiger charge is 2.00. The molecule has 6 heteroatoms. The van der Waals surface area contributed by atoms with Crippen molar-refractivity contribution in [3.05, 3.63) is 42.0 Å². The Morgan fingerprint density at radius 2 is 2.15 bits per heavy atom. The van der Waals surface area contributed by atoms with Gasteiger partial charge in [0, 0.05) is 31.6 Å². The highest BCUT2D eigenvalue weighted by atomic mass is 16.5. The zero-order valence-electron chi connectivity index (χ0n) is 11.2. The van der Waals surface area contributed by atoms with E-state index < -0.39 is 0 Å². The van der Waals surface area contributed by atoms with Crippen LogP contribution in [0.2, 0.25) is 0 Å². The molecule has 6 nitrogen and oxygen atoms in total. The summed E-state index contributed by atoms with van der Waals surface area (Å²) in [6.07, 6.45) is 3.67. The maximum atomic E-state index is 5.49. The van der Waals surface area contributed by atoms with Crippen LogP contribution >= 0.6 is 0 Å². The minimum Gasteiger partial charge on any atom is -0.464 e. The molecule has 0 bridgehead atoms. The molecule has 3 rings (SSSR count). The Kier molecular flexibility index (Phi) is 3.09. The van der Waals surface area contributed by atoms with Crippen LogP contribution in [0.5, 0.6) is 5.88 Å². The second-order valence-corrected chi connectivity index (χ2v) is 4.32. The second-order valence-electron chi connectivity index (χ2n) is 4.32. The van der Waals surface area contributed by atoms with Gasteiger partial charge in [-0.15, -0.1) is 0 Å². The van der Waals surface area contributed by atoms with Gasteiger partial charge in [-0.2, -0.15) is 15.2 Å². The highest BCUT2D eigenvalue weighted by Crippen LogP contribution is 2.09. The average molecular weight is 267 g/mol. The van der Waals surface area contributed by atoms with Gasteiger partial charge in [-0.05, 0) is 18.9 Å². The average Bonchev–Trinajstić information content (AvgIpc) is 2.99. The van der Waals surface area contributed by atoms with Gasteiger partial charge in [-0.1, -0.05) is 5.92 Å². The summed E-state index contributed by atoms with van der Waals surface area (Å²) in [5.41, 5.74) is 2.41. The smallest absolute Gasteiger partial charge is 0.217 e. The summed E-state index contributed by atoms with van der Waals surface area (Å²) in [7, 11) is 1.86. The van der Waals surface area contributed by atoms with Crippen LogP contribution < -0.4 is 4.74 Å². The number of nitrogens with zero attached hydrogens (tertiary/aromatic N) is 5. The Hall–Kier alpha value is -2.81. The predicted octanol–water partition coefficient (Wildman–Crippen LogP) is 1.20. The van der Waals surface area contributed by atoms with Crippen molar-refractivity contribution in [1.29, 1.82) is 0 Å². The van der Waals surface area contributed by atoms with Crippen LogP contribution in [0.3, 0.4) is 0 Å². The summed E-state index contributed by atoms with van der Waals surface area (Å²) < 4.78 is 8.91. The summed E-state index contributed by atoms with van der Waals surface area (Å²) in [4.78, 5) is 4.34. The number of aromatic nitrogens is 5. The zero-order valence-corrected chi connectivity index (χ0v) is 11.2. The molecule has 0 aliphatic carbocycles. The molecular weight excluding hydrogens is 254 g/mol. The van der Waals surface area contributed by atoms with Crippen LogP contribution in [0.25, 0.3) is 5.65 Å². The van der Waals surface area contributed by atoms with Gasteiger partial charge in [-0.3, -0.25) is 4.68 Å². The Morgan fingerprint density at radius 3 is 2.95 bits per heavy atom. The number of fused-ring (bicyclic) bond motifs is 1. The first-order valence-electron chi connectivity index (χ1n) is 6.15. The van der Waals surface area contributed by atoms with Crippen molar-refractivity contribution in [1.82, 2.24) is 24.4 Å². The standard InChI is InChI=1S/C14H13N5O/c1-11-10-13-15-14(6-8-19(13)16-11)20-9-3-4-12-5-7-18(2)17-12/h5-8,10H,9H2,1-2H3. The van der Waals surface area contributed by atoms with Crippen molar-refractivity contribution >= 4 is 5.65 Å². The normalized spacial score (nSPS) is 10.3. The van der Waals surface area contributed by atoms with Crippen molar-refractivity contribution in [3.63, 3.8) is 0 Å². The lowest BCUT2D eigenvalue weighted by Gasteiger charge is -2.00. The van der Waals surface area contributed by atoms with Crippen molar-refractivity contribution in [3.8, 4) is 17.7 Å². The lowest BCUT2D eigenvalue weighted by Crippen LogP contribution is -1.98. The Labute approximate surface area is 116 Å². The summed E-state index contributed by atoms with van der Waals surface area (Å²) in [5.74, 6) is 6.37. The van der Waals surface area contributed by atoms with Gasteiger partial charge in [0.25, 0.3) is 0 Å². The fourth-order valence-electron chi connectivity index (χ4n) is 1.78. The quantitative estimate of drug-likeness (QED) is 0.655. The molecule has 3 aromatic heterocycles. The summed E-state index contributed by atoms with van der Waals surface area (Å²) in [6, 6.07) is 5.51. The molecule has 20 heavy (non-hydrogen) atoms. The van der Waals surface area contributed by atoms with E-state index in [9.17, 15) is 0 Å². The molecule has 3 heterocycles. The Balaban J connectivity index is 1.66. The molecule has 0 radical (unpaired) electrons. The molecule has 3 aromatic rings. The Morgan fingerprint density at radius 1 is 1.25 bits per heavy atom. The molecule has 0 saturated carbocycles. The van der Waals surface area contributed by atoms with Gasteiger partial charge in [-0.25, -0.2) is 4.52 Å². The fraction of sp³-hybridized carbons (Fsp3) is 0.214. The van der Waals surface area contributed by atoms with Crippen molar-refractivity contribution < 1.29 is 4.74 Å². The van der Waals surface area contributed by atoms with E-state index in [0.717, 1.165) is 17.0 Å². The van der Waals surface area contributed by atoms with E-state index in [4.69, 9.17) is 4.74 Å². The molecule has 0 saturated heterocycles. The maximum Gasteiger partial charge on any atom is 0.217 e. The molecule has 0 aliphatic heterocycles. The van der Waals surface area contributed by atoms with Crippen LogP contribution in [0.1, 0.15) is 11.4 Å². The topological polar surface area (TPSA) is 57.2 Å². The second kappa shape index (κ2) is 5.05. The van der Waals surface area contributed by atoms with E-state index >= 15 is 0 Å². The number of hydrogen-bond donors (Lipinski definition) is 0. The van der Waals surface area contributed by atoms with Gasteiger partial charge >= 0.3 is 0 Å². The van der Waals surface area contributed by atoms with Crippen LogP contribution in [-0.4, -0.2) is 31.0 Å². The van der Waals surface area contributed by atoms with E-state index in [1.165, 1.54) is 0 Å². The SMILES string of the molecule is Cc1cc2nc(OCC#Cc3ccn(C)n3)ccn2n1. The summed E-state index contributed by atoms with van der Waals surface area (Å²) in [6.45, 7) is 2.19. The zero-order chi connectivity index (χ0) is 13.9. The molecular formula is C14H13N5O. The van der Waals surface area contributed by atoms with Crippen LogP contribution in [0, 0.1) is 18.8 Å². The fourth-order valence-corrected chi connectivity index (χ4v) is 1.78. The summed E-state index contributed by atoms with van der Waals surface area (Å²) in [5, 5.41) is 8.41. The van der Waals surface area contributed by atoms with E-state index in [2.05, 4.69) is 27.0 Å². The third-order valence-electron chi connectivity index (χ3n) is 2.64. The maximum absolute atomic E-state index is 5.49. The monoisotopic (exact) mass is 267 g/mol. The first-order chi connectivity index (χ1) is 9.70. The number of aryl methyl sites for hydroxylation is 2. The van der Waals surface area contributed by atoms with E-state index in [0.29, 0.717) is 5.88 Å². The molecule has 0 aromatic carbocycles. The first-order valence-corrected chi connectivity index (χ1v) is 6.15. The molecule has 0 atom stereocenters. The lowest BCUT2D eigenvalue weighted by atomic mass is 10.4. The molecule has 0 spiro atoms. The van der Waals surface area contributed by atoms with Crippen molar-refractivity contribution in [2.24, 2.45) is 7.05 Å².